The maximum atomic E-state index is 12.8. The Kier molecular flexibility index (Phi) is 5.63. The van der Waals surface area contributed by atoms with E-state index >= 15 is 0 Å². The van der Waals surface area contributed by atoms with Gasteiger partial charge in [0.2, 0.25) is 0 Å². The number of carbonyl (C=O) groups is 2. The Morgan fingerprint density at radius 3 is 2.59 bits per heavy atom. The van der Waals surface area contributed by atoms with Gasteiger partial charge in [0.25, 0.3) is 11.1 Å². The van der Waals surface area contributed by atoms with Gasteiger partial charge in [0.15, 0.2) is 0 Å². The van der Waals surface area contributed by atoms with Gasteiger partial charge in [-0.15, -0.1) is 0 Å². The van der Waals surface area contributed by atoms with Crippen molar-refractivity contribution in [2.24, 2.45) is 0 Å². The summed E-state index contributed by atoms with van der Waals surface area (Å²) < 4.78 is 5.77. The molecule has 136 valence electrons. The summed E-state index contributed by atoms with van der Waals surface area (Å²) in [4.78, 5) is 26.6. The number of imide groups is 1. The summed E-state index contributed by atoms with van der Waals surface area (Å²) in [6, 6.07) is 16.4. The predicted octanol–water partition coefficient (Wildman–Crippen LogP) is 4.58. The number of benzene rings is 2. The molecule has 5 nitrogen and oxygen atoms in total. The molecular formula is C21H18N2O3S. The van der Waals surface area contributed by atoms with Gasteiger partial charge in [-0.05, 0) is 49.4 Å². The summed E-state index contributed by atoms with van der Waals surface area (Å²) in [5, 5.41) is 8.86. The third kappa shape index (κ3) is 4.21. The molecule has 1 aliphatic heterocycles. The normalized spacial score (nSPS) is 15.5. The van der Waals surface area contributed by atoms with Gasteiger partial charge in [0, 0.05) is 5.56 Å². The van der Waals surface area contributed by atoms with Crippen molar-refractivity contribution >= 4 is 29.0 Å². The van der Waals surface area contributed by atoms with Crippen molar-refractivity contribution in [2.75, 3.05) is 0 Å². The third-order valence-corrected chi connectivity index (χ3v) is 4.82. The fourth-order valence-electron chi connectivity index (χ4n) is 2.68. The second kappa shape index (κ2) is 8.11. The number of hydrogen-bond donors (Lipinski definition) is 0. The molecular weight excluding hydrogens is 360 g/mol. The van der Waals surface area contributed by atoms with Crippen LogP contribution >= 0.6 is 11.8 Å². The maximum Gasteiger partial charge on any atom is 0.293 e. The van der Waals surface area contributed by atoms with Crippen molar-refractivity contribution < 1.29 is 14.3 Å². The Hall–Kier alpha value is -3.04. The van der Waals surface area contributed by atoms with Crippen molar-refractivity contribution in [3.8, 4) is 11.8 Å². The molecule has 0 saturated carbocycles. The molecule has 27 heavy (non-hydrogen) atoms. The molecule has 0 unspecified atom stereocenters. The standard InChI is InChI=1S/C21H18N2O3S/c1-14(2)26-18-10-6-5-7-15(18)11-19-20(24)23(21(25)27-19)13-17-9-4-3-8-16(17)12-22/h3-11,14H,13H2,1-2H3/b19-11-. The van der Waals surface area contributed by atoms with E-state index in [1.807, 2.05) is 38.1 Å². The van der Waals surface area contributed by atoms with Gasteiger partial charge in [-0.1, -0.05) is 36.4 Å². The highest BCUT2D eigenvalue weighted by Crippen LogP contribution is 2.35. The lowest BCUT2D eigenvalue weighted by molar-refractivity contribution is -0.123. The van der Waals surface area contributed by atoms with E-state index in [9.17, 15) is 14.9 Å². The Morgan fingerprint density at radius 2 is 1.85 bits per heavy atom. The van der Waals surface area contributed by atoms with Crippen LogP contribution < -0.4 is 4.74 Å². The van der Waals surface area contributed by atoms with Gasteiger partial charge in [0.1, 0.15) is 5.75 Å². The topological polar surface area (TPSA) is 70.4 Å². The van der Waals surface area contributed by atoms with E-state index in [4.69, 9.17) is 4.74 Å². The highest BCUT2D eigenvalue weighted by Gasteiger charge is 2.35. The van der Waals surface area contributed by atoms with Gasteiger partial charge in [-0.2, -0.15) is 5.26 Å². The first-order valence-electron chi connectivity index (χ1n) is 8.48. The molecule has 0 aliphatic carbocycles. The van der Waals surface area contributed by atoms with Gasteiger partial charge in [-0.25, -0.2) is 0 Å². The zero-order valence-electron chi connectivity index (χ0n) is 15.0. The average Bonchev–Trinajstić information content (AvgIpc) is 2.91. The molecule has 1 fully saturated rings. The minimum atomic E-state index is -0.364. The van der Waals surface area contributed by atoms with E-state index in [0.29, 0.717) is 21.8 Å². The van der Waals surface area contributed by atoms with Crippen LogP contribution in [0.3, 0.4) is 0 Å². The van der Waals surface area contributed by atoms with E-state index in [-0.39, 0.29) is 23.8 Å². The van der Waals surface area contributed by atoms with Crippen LogP contribution in [0.5, 0.6) is 5.75 Å². The first kappa shape index (κ1) is 18.7. The molecule has 6 heteroatoms. The fraction of sp³-hybridized carbons (Fsp3) is 0.190. The van der Waals surface area contributed by atoms with E-state index in [1.54, 1.807) is 30.3 Å². The number of amides is 2. The zero-order chi connectivity index (χ0) is 19.4. The Labute approximate surface area is 162 Å². The quantitative estimate of drug-likeness (QED) is 0.712. The highest BCUT2D eigenvalue weighted by atomic mass is 32.2. The molecule has 0 radical (unpaired) electrons. The minimum absolute atomic E-state index is 0.00269. The summed E-state index contributed by atoms with van der Waals surface area (Å²) >= 11 is 0.897. The number of nitriles is 1. The Balaban J connectivity index is 1.87. The fourth-order valence-corrected chi connectivity index (χ4v) is 3.51. The predicted molar refractivity (Wildman–Crippen MR) is 105 cm³/mol. The van der Waals surface area contributed by atoms with Crippen molar-refractivity contribution in [3.63, 3.8) is 0 Å². The molecule has 2 aromatic carbocycles. The van der Waals surface area contributed by atoms with Gasteiger partial charge < -0.3 is 4.74 Å². The van der Waals surface area contributed by atoms with Crippen LogP contribution in [0, 0.1) is 11.3 Å². The largest absolute Gasteiger partial charge is 0.490 e. The van der Waals surface area contributed by atoms with Crippen LogP contribution in [0.15, 0.2) is 53.4 Å². The summed E-state index contributed by atoms with van der Waals surface area (Å²) in [6.45, 7) is 3.93. The van der Waals surface area contributed by atoms with Crippen LogP contribution in [-0.4, -0.2) is 22.2 Å². The lowest BCUT2D eigenvalue weighted by Crippen LogP contribution is -2.27. The van der Waals surface area contributed by atoms with Crippen LogP contribution in [0.2, 0.25) is 0 Å². The molecule has 0 aromatic heterocycles. The highest BCUT2D eigenvalue weighted by molar-refractivity contribution is 8.18. The number of thioether (sulfide) groups is 1. The van der Waals surface area contributed by atoms with Crippen molar-refractivity contribution in [1.82, 2.24) is 4.90 Å². The molecule has 0 bridgehead atoms. The first-order valence-corrected chi connectivity index (χ1v) is 9.30. The summed E-state index contributed by atoms with van der Waals surface area (Å²) in [5.41, 5.74) is 1.84. The molecule has 1 aliphatic rings. The monoisotopic (exact) mass is 378 g/mol. The molecule has 2 aromatic rings. The van der Waals surface area contributed by atoms with Crippen LogP contribution in [0.1, 0.15) is 30.5 Å². The molecule has 0 N–H and O–H groups in total. The number of carbonyl (C=O) groups excluding carboxylic acids is 2. The van der Waals surface area contributed by atoms with Crippen molar-refractivity contribution in [1.29, 1.82) is 5.26 Å². The Morgan fingerprint density at radius 1 is 1.15 bits per heavy atom. The van der Waals surface area contributed by atoms with Crippen LogP contribution in [0.25, 0.3) is 6.08 Å². The lowest BCUT2D eigenvalue weighted by atomic mass is 10.1. The summed E-state index contributed by atoms with van der Waals surface area (Å²) in [6.07, 6.45) is 1.68. The van der Waals surface area contributed by atoms with Gasteiger partial charge >= 0.3 is 0 Å². The average molecular weight is 378 g/mol. The number of para-hydroxylation sites is 1. The molecule has 0 atom stereocenters. The second-order valence-electron chi connectivity index (χ2n) is 6.24. The number of hydrogen-bond acceptors (Lipinski definition) is 5. The van der Waals surface area contributed by atoms with E-state index in [2.05, 4.69) is 6.07 Å². The number of rotatable bonds is 5. The summed E-state index contributed by atoms with van der Waals surface area (Å²) in [7, 11) is 0. The SMILES string of the molecule is CC(C)Oc1ccccc1/C=C1\SC(=O)N(Cc2ccccc2C#N)C1=O. The van der Waals surface area contributed by atoms with Crippen molar-refractivity contribution in [2.45, 2.75) is 26.5 Å². The van der Waals surface area contributed by atoms with Gasteiger partial charge in [0.05, 0.1) is 29.2 Å². The van der Waals surface area contributed by atoms with E-state index in [0.717, 1.165) is 17.3 Å². The minimum Gasteiger partial charge on any atom is -0.490 e. The van der Waals surface area contributed by atoms with Crippen LogP contribution in [0.4, 0.5) is 4.79 Å². The molecule has 1 saturated heterocycles. The van der Waals surface area contributed by atoms with Gasteiger partial charge in [-0.3, -0.25) is 14.5 Å². The number of ether oxygens (including phenoxy) is 1. The first-order chi connectivity index (χ1) is 13.0. The maximum absolute atomic E-state index is 12.8. The lowest BCUT2D eigenvalue weighted by Gasteiger charge is -2.14. The Bertz CT molecular complexity index is 960. The molecule has 3 rings (SSSR count). The molecule has 2 amide bonds. The van der Waals surface area contributed by atoms with E-state index in [1.165, 1.54) is 4.90 Å². The summed E-state index contributed by atoms with van der Waals surface area (Å²) in [5.74, 6) is 0.297. The van der Waals surface area contributed by atoms with Crippen LogP contribution in [-0.2, 0) is 11.3 Å². The second-order valence-corrected chi connectivity index (χ2v) is 7.23. The smallest absolute Gasteiger partial charge is 0.293 e. The third-order valence-electron chi connectivity index (χ3n) is 3.91. The number of nitrogens with zero attached hydrogens (tertiary/aromatic N) is 2. The van der Waals surface area contributed by atoms with Crippen molar-refractivity contribution in [3.05, 3.63) is 70.1 Å². The van der Waals surface area contributed by atoms with E-state index < -0.39 is 0 Å². The molecule has 0 spiro atoms. The zero-order valence-corrected chi connectivity index (χ0v) is 15.8. The molecule has 1 heterocycles.